The van der Waals surface area contributed by atoms with Gasteiger partial charge in [-0.3, -0.25) is 9.59 Å². The molecule has 1 saturated carbocycles. The van der Waals surface area contributed by atoms with E-state index < -0.39 is 5.97 Å². The largest absolute Gasteiger partial charge is 0.468 e. The zero-order chi connectivity index (χ0) is 25.9. The molecule has 2 atom stereocenters. The van der Waals surface area contributed by atoms with E-state index in [2.05, 4.69) is 30.4 Å². The molecule has 3 heterocycles. The van der Waals surface area contributed by atoms with Crippen molar-refractivity contribution in [1.29, 1.82) is 0 Å². The lowest BCUT2D eigenvalue weighted by molar-refractivity contribution is -0.141. The third-order valence-electron chi connectivity index (χ3n) is 7.05. The maximum absolute atomic E-state index is 12.8. The van der Waals surface area contributed by atoms with E-state index >= 15 is 0 Å². The Bertz CT molecular complexity index is 1370. The molecule has 2 aliphatic rings. The van der Waals surface area contributed by atoms with Crippen molar-refractivity contribution in [2.75, 3.05) is 7.11 Å². The molecule has 1 aliphatic carbocycles. The van der Waals surface area contributed by atoms with Gasteiger partial charge in [0.15, 0.2) is 12.4 Å². The molecule has 2 aromatic heterocycles. The summed E-state index contributed by atoms with van der Waals surface area (Å²) in [5, 5.41) is 15.7. The van der Waals surface area contributed by atoms with Crippen LogP contribution in [0.25, 0.3) is 0 Å². The van der Waals surface area contributed by atoms with Crippen LogP contribution in [-0.2, 0) is 33.7 Å². The van der Waals surface area contributed by atoms with Crippen LogP contribution in [-0.4, -0.2) is 50.2 Å². The van der Waals surface area contributed by atoms with Crippen LogP contribution in [0.3, 0.4) is 0 Å². The Morgan fingerprint density at radius 2 is 2.03 bits per heavy atom. The second-order valence-corrected chi connectivity index (χ2v) is 10.1. The fourth-order valence-electron chi connectivity index (χ4n) is 4.85. The minimum atomic E-state index is -0.446. The van der Waals surface area contributed by atoms with Gasteiger partial charge in [0.2, 0.25) is 5.91 Å². The van der Waals surface area contributed by atoms with Gasteiger partial charge < -0.3 is 15.0 Å². The third kappa shape index (κ3) is 6.07. The van der Waals surface area contributed by atoms with Gasteiger partial charge in [-0.05, 0) is 66.5 Å². The van der Waals surface area contributed by atoms with Crippen LogP contribution in [0.2, 0.25) is 5.02 Å². The molecular formula is C26H29ClN6O4. The molecule has 1 saturated heterocycles. The Hall–Kier alpha value is -3.53. The third-order valence-corrected chi connectivity index (χ3v) is 7.40. The van der Waals surface area contributed by atoms with Gasteiger partial charge in [0.05, 0.1) is 7.11 Å². The molecule has 0 spiro atoms. The number of carbonyl (C=O) groups is 2. The van der Waals surface area contributed by atoms with Gasteiger partial charge in [-0.1, -0.05) is 29.8 Å². The first kappa shape index (κ1) is 25.1. The fourth-order valence-corrected chi connectivity index (χ4v) is 5.14. The molecule has 37 heavy (non-hydrogen) atoms. The summed E-state index contributed by atoms with van der Waals surface area (Å²) >= 11 is 6.70. The predicted molar refractivity (Wildman–Crippen MR) is 135 cm³/mol. The monoisotopic (exact) mass is 524 g/mol. The SMILES string of the molecule is COC(=O)Cn1nnc(CCc2ccc(C(C[C@H]3CCC(=O)N3)c3ccc(C4CC4)c(=O)[nH]3)cc2Cl)n1. The molecule has 1 unspecified atom stereocenters. The van der Waals surface area contributed by atoms with Crippen LogP contribution in [0.15, 0.2) is 35.1 Å². The first-order valence-electron chi connectivity index (χ1n) is 12.5. The van der Waals surface area contributed by atoms with E-state index in [0.29, 0.717) is 42.4 Å². The minimum Gasteiger partial charge on any atom is -0.468 e. The van der Waals surface area contributed by atoms with Crippen LogP contribution in [0.1, 0.15) is 72.1 Å². The van der Waals surface area contributed by atoms with Crippen LogP contribution in [0, 0.1) is 0 Å². The summed E-state index contributed by atoms with van der Waals surface area (Å²) in [6.07, 6.45) is 5.20. The number of pyridine rings is 1. The number of nitrogens with one attached hydrogen (secondary N) is 2. The van der Waals surface area contributed by atoms with Gasteiger partial charge in [-0.15, -0.1) is 10.2 Å². The maximum Gasteiger partial charge on any atom is 0.329 e. The Balaban J connectivity index is 1.33. The standard InChI is InChI=1S/C26H29ClN6O4/c1-37-25(35)14-33-31-23(30-32-33)10-6-16-4-5-17(12-21(16)27)20(13-18-7-11-24(34)28-18)22-9-8-19(15-2-3-15)26(36)29-22/h4-5,8-9,12,15,18,20H,2-3,6-7,10-11,13-14H2,1H3,(H,28,34)(H,29,36)/t18-,20?/m1/s1. The van der Waals surface area contributed by atoms with E-state index in [-0.39, 0.29) is 30.0 Å². The summed E-state index contributed by atoms with van der Waals surface area (Å²) in [6.45, 7) is -0.0917. The number of aryl methyl sites for hydroxylation is 2. The Labute approximate surface area is 218 Å². The van der Waals surface area contributed by atoms with Crippen molar-refractivity contribution in [2.24, 2.45) is 0 Å². The molecule has 194 valence electrons. The lowest BCUT2D eigenvalue weighted by Gasteiger charge is -2.22. The quantitative estimate of drug-likeness (QED) is 0.390. The van der Waals surface area contributed by atoms with Crippen LogP contribution < -0.4 is 10.9 Å². The van der Waals surface area contributed by atoms with Crippen molar-refractivity contribution >= 4 is 23.5 Å². The van der Waals surface area contributed by atoms with Crippen molar-refractivity contribution in [3.8, 4) is 0 Å². The summed E-state index contributed by atoms with van der Waals surface area (Å²) in [7, 11) is 1.31. The number of aromatic nitrogens is 5. The number of halogens is 1. The van der Waals surface area contributed by atoms with Crippen LogP contribution in [0.5, 0.6) is 0 Å². The number of amides is 1. The first-order chi connectivity index (χ1) is 17.9. The van der Waals surface area contributed by atoms with E-state index in [0.717, 1.165) is 41.6 Å². The summed E-state index contributed by atoms with van der Waals surface area (Å²) in [5.74, 6) is 0.378. The lowest BCUT2D eigenvalue weighted by atomic mass is 9.87. The highest BCUT2D eigenvalue weighted by atomic mass is 35.5. The average Bonchev–Trinajstić information content (AvgIpc) is 3.49. The maximum atomic E-state index is 12.8. The van der Waals surface area contributed by atoms with Crippen LogP contribution in [0.4, 0.5) is 0 Å². The highest BCUT2D eigenvalue weighted by molar-refractivity contribution is 6.31. The molecule has 0 radical (unpaired) electrons. The summed E-state index contributed by atoms with van der Waals surface area (Å²) in [6, 6.07) is 9.93. The molecule has 2 N–H and O–H groups in total. The van der Waals surface area contributed by atoms with E-state index in [1.54, 1.807) is 0 Å². The van der Waals surface area contributed by atoms with Gasteiger partial charge in [-0.2, -0.15) is 4.80 Å². The predicted octanol–water partition coefficient (Wildman–Crippen LogP) is 2.65. The fraction of sp³-hybridized carbons (Fsp3) is 0.462. The van der Waals surface area contributed by atoms with Crippen molar-refractivity contribution in [3.63, 3.8) is 0 Å². The molecule has 11 heteroatoms. The van der Waals surface area contributed by atoms with Gasteiger partial charge in [0, 0.05) is 41.1 Å². The number of tetrazole rings is 1. The molecule has 2 fully saturated rings. The van der Waals surface area contributed by atoms with Crippen LogP contribution >= 0.6 is 11.6 Å². The number of hydrogen-bond donors (Lipinski definition) is 2. The summed E-state index contributed by atoms with van der Waals surface area (Å²) < 4.78 is 4.62. The molecule has 1 aromatic carbocycles. The van der Waals surface area contributed by atoms with E-state index in [9.17, 15) is 14.4 Å². The van der Waals surface area contributed by atoms with Crippen molar-refractivity contribution in [1.82, 2.24) is 30.5 Å². The molecule has 1 amide bonds. The molecule has 10 nitrogen and oxygen atoms in total. The van der Waals surface area contributed by atoms with Gasteiger partial charge in [0.1, 0.15) is 0 Å². The number of hydrogen-bond acceptors (Lipinski definition) is 7. The van der Waals surface area contributed by atoms with Gasteiger partial charge in [-0.25, -0.2) is 4.79 Å². The van der Waals surface area contributed by atoms with Crippen molar-refractivity contribution in [2.45, 2.75) is 69.4 Å². The molecule has 1 aliphatic heterocycles. The Morgan fingerprint density at radius 1 is 1.19 bits per heavy atom. The second kappa shape index (κ2) is 10.8. The number of carbonyl (C=O) groups excluding carboxylic acids is 2. The zero-order valence-electron chi connectivity index (χ0n) is 20.6. The minimum absolute atomic E-state index is 0.0316. The number of nitrogens with zero attached hydrogens (tertiary/aromatic N) is 4. The topological polar surface area (TPSA) is 132 Å². The number of ether oxygens (including phenoxy) is 1. The van der Waals surface area contributed by atoms with Gasteiger partial charge >= 0.3 is 5.97 Å². The Kier molecular flexibility index (Phi) is 7.36. The Morgan fingerprint density at radius 3 is 2.70 bits per heavy atom. The molecular weight excluding hydrogens is 496 g/mol. The number of methoxy groups -OCH3 is 1. The zero-order valence-corrected chi connectivity index (χ0v) is 21.3. The van der Waals surface area contributed by atoms with E-state index in [1.165, 1.54) is 11.9 Å². The summed E-state index contributed by atoms with van der Waals surface area (Å²) in [4.78, 5) is 40.3. The number of benzene rings is 1. The van der Waals surface area contributed by atoms with E-state index in [1.807, 2.05) is 30.3 Å². The number of esters is 1. The number of H-pyrrole nitrogens is 1. The first-order valence-corrected chi connectivity index (χ1v) is 12.9. The molecule has 5 rings (SSSR count). The normalized spacial score (nSPS) is 18.0. The summed E-state index contributed by atoms with van der Waals surface area (Å²) in [5.41, 5.74) is 3.55. The molecule has 0 bridgehead atoms. The van der Waals surface area contributed by atoms with Crippen molar-refractivity contribution < 1.29 is 14.3 Å². The highest BCUT2D eigenvalue weighted by Gasteiger charge is 2.29. The lowest BCUT2D eigenvalue weighted by Crippen LogP contribution is -2.28. The second-order valence-electron chi connectivity index (χ2n) is 9.73. The van der Waals surface area contributed by atoms with E-state index in [4.69, 9.17) is 11.6 Å². The van der Waals surface area contributed by atoms with Gasteiger partial charge in [0.25, 0.3) is 5.56 Å². The van der Waals surface area contributed by atoms with Crippen molar-refractivity contribution in [3.05, 3.63) is 73.9 Å². The average molecular weight is 525 g/mol. The smallest absolute Gasteiger partial charge is 0.329 e. The number of aromatic amines is 1. The molecule has 3 aromatic rings. The highest BCUT2D eigenvalue weighted by Crippen LogP contribution is 2.39. The number of rotatable bonds is 10.